The molecule has 1 saturated heterocycles. The van der Waals surface area contributed by atoms with Crippen LogP contribution in [0.25, 0.3) is 11.1 Å². The highest BCUT2D eigenvalue weighted by atomic mass is 35.5. The molecule has 0 saturated carbocycles. The van der Waals surface area contributed by atoms with Crippen LogP contribution in [-0.2, 0) is 9.53 Å². The number of ether oxygens (including phenoxy) is 2. The van der Waals surface area contributed by atoms with Crippen LogP contribution in [0, 0.1) is 0 Å². The van der Waals surface area contributed by atoms with Crippen molar-refractivity contribution in [3.05, 3.63) is 76.5 Å². The fraction of sp³-hybridized carbons (Fsp3) is 0.208. The molecule has 1 amide bonds. The molecule has 3 aromatic rings. The summed E-state index contributed by atoms with van der Waals surface area (Å²) in [5, 5.41) is 42.7. The van der Waals surface area contributed by atoms with E-state index in [1.165, 1.54) is 30.5 Å². The van der Waals surface area contributed by atoms with Gasteiger partial charge in [-0.3, -0.25) is 4.79 Å². The number of carboxylic acids is 1. The van der Waals surface area contributed by atoms with E-state index in [-0.39, 0.29) is 16.5 Å². The molecule has 0 spiro atoms. The first-order valence-electron chi connectivity index (χ1n) is 10.6. The van der Waals surface area contributed by atoms with Gasteiger partial charge < -0.3 is 35.2 Å². The smallest absolute Gasteiger partial charge is 0.335 e. The Balaban J connectivity index is 1.66. The van der Waals surface area contributed by atoms with E-state index in [9.17, 15) is 30.0 Å². The van der Waals surface area contributed by atoms with Crippen molar-refractivity contribution >= 4 is 40.8 Å². The van der Waals surface area contributed by atoms with E-state index in [2.05, 4.69) is 10.3 Å². The van der Waals surface area contributed by atoms with Gasteiger partial charge in [0.1, 0.15) is 29.2 Å². The normalized spacial score (nSPS) is 23.6. The van der Waals surface area contributed by atoms with E-state index in [1.807, 2.05) is 0 Å². The zero-order chi connectivity index (χ0) is 26.0. The second kappa shape index (κ2) is 10.8. The number of carboxylic acid groups (broad SMARTS) is 1. The third kappa shape index (κ3) is 5.44. The van der Waals surface area contributed by atoms with Crippen molar-refractivity contribution < 1.29 is 39.5 Å². The summed E-state index contributed by atoms with van der Waals surface area (Å²) in [5.74, 6) is -1.92. The Kier molecular flexibility index (Phi) is 7.74. The van der Waals surface area contributed by atoms with E-state index in [4.69, 9.17) is 32.7 Å². The molecule has 2 aromatic carbocycles. The fourth-order valence-corrected chi connectivity index (χ4v) is 3.93. The maximum absolute atomic E-state index is 12.8. The molecule has 0 radical (unpaired) electrons. The number of nitrogens with one attached hydrogen (secondary N) is 1. The Labute approximate surface area is 214 Å². The van der Waals surface area contributed by atoms with Crippen LogP contribution in [-0.4, -0.2) is 68.0 Å². The maximum Gasteiger partial charge on any atom is 0.335 e. The van der Waals surface area contributed by atoms with Crippen LogP contribution >= 0.6 is 23.2 Å². The number of nitrogens with zero attached hydrogens (tertiary/aromatic N) is 1. The Morgan fingerprint density at radius 3 is 2.36 bits per heavy atom. The Hall–Kier alpha value is -3.25. The lowest BCUT2D eigenvalue weighted by Crippen LogP contribution is -2.61. The number of hydrogen-bond donors (Lipinski definition) is 5. The number of halogens is 2. The van der Waals surface area contributed by atoms with E-state index in [1.54, 1.807) is 30.3 Å². The fourth-order valence-electron chi connectivity index (χ4n) is 3.60. The van der Waals surface area contributed by atoms with Crippen molar-refractivity contribution in [3.63, 3.8) is 0 Å². The summed E-state index contributed by atoms with van der Waals surface area (Å²) in [4.78, 5) is 28.1. The van der Waals surface area contributed by atoms with E-state index >= 15 is 0 Å². The standard InChI is InChI=1S/C24H20Cl2N2O8/c25-12-5-3-11(4-6-12)15-10-13(35-24-19(31)17(29)18(30)20(36-24)23(33)34)7-8-16(15)28-22(32)14-2-1-9-27-21(14)26/h1-10,17-20,24,29-31H,(H,28,32)(H,33,34)/t17-,18-,19+,20-,24+/m0/s1. The van der Waals surface area contributed by atoms with Crippen molar-refractivity contribution in [1.82, 2.24) is 4.98 Å². The van der Waals surface area contributed by atoms with Gasteiger partial charge in [0.05, 0.1) is 5.56 Å². The number of amides is 1. The number of rotatable bonds is 6. The molecular weight excluding hydrogens is 515 g/mol. The first-order chi connectivity index (χ1) is 17.2. The summed E-state index contributed by atoms with van der Waals surface area (Å²) in [6.45, 7) is 0. The van der Waals surface area contributed by atoms with Gasteiger partial charge in [0.15, 0.2) is 6.10 Å². The molecule has 12 heteroatoms. The van der Waals surface area contributed by atoms with Gasteiger partial charge >= 0.3 is 5.97 Å². The van der Waals surface area contributed by atoms with Gasteiger partial charge in [-0.1, -0.05) is 35.3 Å². The second-order valence-electron chi connectivity index (χ2n) is 7.86. The van der Waals surface area contributed by atoms with Crippen molar-refractivity contribution in [1.29, 1.82) is 0 Å². The number of benzene rings is 2. The summed E-state index contributed by atoms with van der Waals surface area (Å²) >= 11 is 12.0. The molecule has 0 aliphatic carbocycles. The van der Waals surface area contributed by atoms with Gasteiger partial charge in [-0.05, 0) is 48.0 Å². The molecule has 0 unspecified atom stereocenters. The van der Waals surface area contributed by atoms with Crippen molar-refractivity contribution in [2.45, 2.75) is 30.7 Å². The van der Waals surface area contributed by atoms with Crippen molar-refractivity contribution in [2.24, 2.45) is 0 Å². The van der Waals surface area contributed by atoms with Gasteiger partial charge in [-0.25, -0.2) is 9.78 Å². The Morgan fingerprint density at radius 1 is 0.972 bits per heavy atom. The monoisotopic (exact) mass is 534 g/mol. The van der Waals surface area contributed by atoms with Crippen LogP contribution in [0.4, 0.5) is 5.69 Å². The number of hydrogen-bond acceptors (Lipinski definition) is 8. The molecule has 1 aromatic heterocycles. The van der Waals surface area contributed by atoms with Gasteiger partial charge in [0.2, 0.25) is 6.29 Å². The molecule has 1 aliphatic heterocycles. The topological polar surface area (TPSA) is 158 Å². The highest BCUT2D eigenvalue weighted by molar-refractivity contribution is 6.33. The van der Waals surface area contributed by atoms with Crippen LogP contribution in [0.1, 0.15) is 10.4 Å². The third-order valence-corrected chi connectivity index (χ3v) is 6.02. The molecule has 1 aliphatic rings. The Morgan fingerprint density at radius 2 is 1.69 bits per heavy atom. The molecule has 10 nitrogen and oxygen atoms in total. The number of aromatic nitrogens is 1. The number of anilines is 1. The second-order valence-corrected chi connectivity index (χ2v) is 8.66. The van der Waals surface area contributed by atoms with Crippen molar-refractivity contribution in [2.75, 3.05) is 5.32 Å². The minimum Gasteiger partial charge on any atom is -0.479 e. The predicted octanol–water partition coefficient (Wildman–Crippen LogP) is 2.58. The average molecular weight is 535 g/mol. The molecule has 5 atom stereocenters. The van der Waals surface area contributed by atoms with Gasteiger partial charge in [0, 0.05) is 22.5 Å². The lowest BCUT2D eigenvalue weighted by atomic mass is 9.99. The highest BCUT2D eigenvalue weighted by Gasteiger charge is 2.48. The zero-order valence-electron chi connectivity index (χ0n) is 18.3. The van der Waals surface area contributed by atoms with Crippen molar-refractivity contribution in [3.8, 4) is 16.9 Å². The summed E-state index contributed by atoms with van der Waals surface area (Å²) in [6.07, 6.45) is -7.36. The number of aliphatic hydroxyl groups is 3. The molecular formula is C24H20Cl2N2O8. The first kappa shape index (κ1) is 25.8. The summed E-state index contributed by atoms with van der Waals surface area (Å²) in [7, 11) is 0. The minimum absolute atomic E-state index is 0.0279. The van der Waals surface area contributed by atoms with Crippen LogP contribution in [0.15, 0.2) is 60.8 Å². The van der Waals surface area contributed by atoms with Gasteiger partial charge in [0.25, 0.3) is 5.91 Å². The molecule has 36 heavy (non-hydrogen) atoms. The van der Waals surface area contributed by atoms with Crippen LogP contribution in [0.2, 0.25) is 10.2 Å². The zero-order valence-corrected chi connectivity index (χ0v) is 19.8. The quantitative estimate of drug-likeness (QED) is 0.299. The largest absolute Gasteiger partial charge is 0.479 e. The van der Waals surface area contributed by atoms with Crippen LogP contribution < -0.4 is 10.1 Å². The average Bonchev–Trinajstić information content (AvgIpc) is 2.85. The molecule has 2 heterocycles. The van der Waals surface area contributed by atoms with E-state index in [0.717, 1.165) is 0 Å². The van der Waals surface area contributed by atoms with Crippen LogP contribution in [0.3, 0.4) is 0 Å². The lowest BCUT2D eigenvalue weighted by Gasteiger charge is -2.38. The lowest BCUT2D eigenvalue weighted by molar-refractivity contribution is -0.271. The van der Waals surface area contributed by atoms with Crippen LogP contribution in [0.5, 0.6) is 5.75 Å². The number of pyridine rings is 1. The molecule has 1 fully saturated rings. The highest BCUT2D eigenvalue weighted by Crippen LogP contribution is 2.34. The van der Waals surface area contributed by atoms with E-state index in [0.29, 0.717) is 21.8 Å². The molecule has 5 N–H and O–H groups in total. The Bertz CT molecular complexity index is 1270. The van der Waals surface area contributed by atoms with Gasteiger partial charge in [-0.2, -0.15) is 0 Å². The number of aliphatic carboxylic acids is 1. The molecule has 4 rings (SSSR count). The predicted molar refractivity (Wildman–Crippen MR) is 129 cm³/mol. The van der Waals surface area contributed by atoms with E-state index < -0.39 is 42.6 Å². The molecule has 0 bridgehead atoms. The first-order valence-corrected chi connectivity index (χ1v) is 11.3. The number of carbonyl (C=O) groups is 2. The number of aliphatic hydroxyl groups excluding tert-OH is 3. The third-order valence-electron chi connectivity index (χ3n) is 5.46. The van der Waals surface area contributed by atoms with Gasteiger partial charge in [-0.15, -0.1) is 0 Å². The SMILES string of the molecule is O=C(Nc1ccc(O[C@@H]2O[C@H](C(=O)O)[C@@H](O)[C@H](O)[C@H]2O)cc1-c1ccc(Cl)cc1)c1cccnc1Cl. The maximum atomic E-state index is 12.8. The summed E-state index contributed by atoms with van der Waals surface area (Å²) in [6, 6.07) is 14.3. The summed E-state index contributed by atoms with van der Waals surface area (Å²) in [5.41, 5.74) is 1.66. The number of carbonyl (C=O) groups excluding carboxylic acids is 1. The summed E-state index contributed by atoms with van der Waals surface area (Å²) < 4.78 is 10.8. The molecule has 188 valence electrons. The minimum atomic E-state index is -1.85.